The maximum atomic E-state index is 12.4. The number of carbonyl (C=O) groups is 2. The number of carbonyl (C=O) groups excluding carboxylic acids is 2. The van der Waals surface area contributed by atoms with Crippen LogP contribution >= 0.6 is 11.8 Å². The summed E-state index contributed by atoms with van der Waals surface area (Å²) in [7, 11) is 2.58. The zero-order valence-electron chi connectivity index (χ0n) is 12.8. The predicted octanol–water partition coefficient (Wildman–Crippen LogP) is 2.10. The largest absolute Gasteiger partial charge is 0.466 e. The molecule has 0 radical (unpaired) electrons. The van der Waals surface area contributed by atoms with Crippen molar-refractivity contribution in [3.05, 3.63) is 46.5 Å². The molecule has 2 aliphatic heterocycles. The van der Waals surface area contributed by atoms with Gasteiger partial charge in [-0.15, -0.1) is 11.8 Å². The third-order valence-corrected chi connectivity index (χ3v) is 5.35. The van der Waals surface area contributed by atoms with Gasteiger partial charge < -0.3 is 14.2 Å². The molecule has 3 rings (SSSR count). The van der Waals surface area contributed by atoms with Crippen LogP contribution in [0.3, 0.4) is 0 Å². The Hall–Kier alpha value is -1.79. The molecule has 0 saturated heterocycles. The molecule has 2 bridgehead atoms. The SMILES string of the molecule is COC(=O)C1=C(C(=O)OC)[C@]2(SC)O[C@@]1(C)c1ccccc12. The summed E-state index contributed by atoms with van der Waals surface area (Å²) in [5, 5.41) is 0. The van der Waals surface area contributed by atoms with Crippen molar-refractivity contribution in [2.45, 2.75) is 17.5 Å². The van der Waals surface area contributed by atoms with Crippen LogP contribution in [-0.4, -0.2) is 32.4 Å². The second kappa shape index (κ2) is 4.86. The van der Waals surface area contributed by atoms with E-state index in [1.54, 1.807) is 6.92 Å². The Bertz CT molecular complexity index is 710. The molecule has 0 fully saturated rings. The van der Waals surface area contributed by atoms with Crippen LogP contribution in [0.25, 0.3) is 0 Å². The molecule has 1 aromatic rings. The first-order valence-electron chi connectivity index (χ1n) is 6.73. The summed E-state index contributed by atoms with van der Waals surface area (Å²) < 4.78 is 16.0. The summed E-state index contributed by atoms with van der Waals surface area (Å²) in [6.07, 6.45) is 1.84. The number of benzene rings is 1. The molecule has 1 aromatic carbocycles. The highest BCUT2D eigenvalue weighted by Gasteiger charge is 2.66. The van der Waals surface area contributed by atoms with Crippen molar-refractivity contribution >= 4 is 23.7 Å². The molecule has 2 atom stereocenters. The zero-order chi connectivity index (χ0) is 16.1. The predicted molar refractivity (Wildman–Crippen MR) is 81.1 cm³/mol. The first-order chi connectivity index (χ1) is 10.5. The van der Waals surface area contributed by atoms with Crippen molar-refractivity contribution in [2.75, 3.05) is 20.5 Å². The second-order valence-electron chi connectivity index (χ2n) is 5.23. The second-order valence-corrected chi connectivity index (χ2v) is 6.22. The minimum Gasteiger partial charge on any atom is -0.466 e. The van der Waals surface area contributed by atoms with E-state index < -0.39 is 22.5 Å². The number of hydrogen-bond acceptors (Lipinski definition) is 6. The molecule has 0 aromatic heterocycles. The van der Waals surface area contributed by atoms with Gasteiger partial charge in [0, 0.05) is 5.56 Å². The molecule has 0 amide bonds. The molecule has 0 unspecified atom stereocenters. The van der Waals surface area contributed by atoms with E-state index in [4.69, 9.17) is 14.2 Å². The van der Waals surface area contributed by atoms with Gasteiger partial charge in [0.25, 0.3) is 0 Å². The fourth-order valence-corrected chi connectivity index (χ4v) is 4.39. The van der Waals surface area contributed by atoms with Gasteiger partial charge in [-0.1, -0.05) is 24.3 Å². The Morgan fingerprint density at radius 3 is 2.14 bits per heavy atom. The van der Waals surface area contributed by atoms with E-state index in [0.29, 0.717) is 0 Å². The summed E-state index contributed by atoms with van der Waals surface area (Å²) in [4.78, 5) is 23.7. The van der Waals surface area contributed by atoms with Crippen LogP contribution < -0.4 is 0 Å². The molecular formula is C16H16O5S. The summed E-state index contributed by atoms with van der Waals surface area (Å²) in [6, 6.07) is 7.59. The lowest BCUT2D eigenvalue weighted by atomic mass is 9.78. The number of methoxy groups -OCH3 is 2. The molecule has 0 aliphatic carbocycles. The number of fused-ring (bicyclic) bond motifs is 5. The molecule has 0 saturated carbocycles. The van der Waals surface area contributed by atoms with E-state index in [9.17, 15) is 9.59 Å². The maximum Gasteiger partial charge on any atom is 0.338 e. The van der Waals surface area contributed by atoms with E-state index in [1.807, 2.05) is 30.5 Å². The Kier molecular flexibility index (Phi) is 3.34. The van der Waals surface area contributed by atoms with Crippen LogP contribution in [0, 0.1) is 0 Å². The highest BCUT2D eigenvalue weighted by molar-refractivity contribution is 7.99. The number of ether oxygens (including phenoxy) is 3. The summed E-state index contributed by atoms with van der Waals surface area (Å²) >= 11 is 1.36. The summed E-state index contributed by atoms with van der Waals surface area (Å²) in [5.41, 5.74) is 1.16. The van der Waals surface area contributed by atoms with Crippen LogP contribution in [-0.2, 0) is 34.3 Å². The van der Waals surface area contributed by atoms with E-state index in [0.717, 1.165) is 11.1 Å². The van der Waals surface area contributed by atoms with Crippen molar-refractivity contribution in [3.8, 4) is 0 Å². The average Bonchev–Trinajstić information content (AvgIpc) is 2.98. The Morgan fingerprint density at radius 2 is 1.59 bits per heavy atom. The lowest BCUT2D eigenvalue weighted by molar-refractivity contribution is -0.139. The van der Waals surface area contributed by atoms with Crippen molar-refractivity contribution in [1.29, 1.82) is 0 Å². The fraction of sp³-hybridized carbons (Fsp3) is 0.375. The maximum absolute atomic E-state index is 12.4. The normalized spacial score (nSPS) is 28.5. The van der Waals surface area contributed by atoms with Crippen LogP contribution in [0.15, 0.2) is 35.4 Å². The van der Waals surface area contributed by atoms with Crippen LogP contribution in [0.4, 0.5) is 0 Å². The molecule has 0 N–H and O–H groups in total. The summed E-state index contributed by atoms with van der Waals surface area (Å²) in [5.74, 6) is -1.15. The van der Waals surface area contributed by atoms with Gasteiger partial charge in [0.1, 0.15) is 5.60 Å². The third kappa shape index (κ3) is 1.59. The van der Waals surface area contributed by atoms with Crippen molar-refractivity contribution in [3.63, 3.8) is 0 Å². The van der Waals surface area contributed by atoms with Crippen molar-refractivity contribution in [1.82, 2.24) is 0 Å². The van der Waals surface area contributed by atoms with Gasteiger partial charge in [0.15, 0.2) is 4.93 Å². The summed E-state index contributed by atoms with van der Waals surface area (Å²) in [6.45, 7) is 1.78. The van der Waals surface area contributed by atoms with Gasteiger partial charge in [-0.2, -0.15) is 0 Å². The number of hydrogen-bond donors (Lipinski definition) is 0. The van der Waals surface area contributed by atoms with Gasteiger partial charge >= 0.3 is 11.9 Å². The van der Waals surface area contributed by atoms with Gasteiger partial charge in [-0.25, -0.2) is 9.59 Å². The number of thioether (sulfide) groups is 1. The molecular weight excluding hydrogens is 304 g/mol. The van der Waals surface area contributed by atoms with Crippen LogP contribution in [0.5, 0.6) is 0 Å². The van der Waals surface area contributed by atoms with E-state index >= 15 is 0 Å². The first kappa shape index (κ1) is 15.1. The minimum absolute atomic E-state index is 0.218. The van der Waals surface area contributed by atoms with Crippen LogP contribution in [0.2, 0.25) is 0 Å². The monoisotopic (exact) mass is 320 g/mol. The lowest BCUT2D eigenvalue weighted by Crippen LogP contribution is -2.31. The van der Waals surface area contributed by atoms with Crippen molar-refractivity contribution in [2.24, 2.45) is 0 Å². The lowest BCUT2D eigenvalue weighted by Gasteiger charge is -2.27. The molecule has 6 heteroatoms. The third-order valence-electron chi connectivity index (χ3n) is 4.27. The Morgan fingerprint density at radius 1 is 1.05 bits per heavy atom. The van der Waals surface area contributed by atoms with Gasteiger partial charge in [0.05, 0.1) is 25.4 Å². The van der Waals surface area contributed by atoms with E-state index in [-0.39, 0.29) is 11.1 Å². The first-order valence-corrected chi connectivity index (χ1v) is 7.96. The van der Waals surface area contributed by atoms with Crippen molar-refractivity contribution < 1.29 is 23.8 Å². The quantitative estimate of drug-likeness (QED) is 0.795. The minimum atomic E-state index is -1.04. The van der Waals surface area contributed by atoms with Gasteiger partial charge in [-0.05, 0) is 18.7 Å². The molecule has 0 spiro atoms. The topological polar surface area (TPSA) is 61.8 Å². The smallest absolute Gasteiger partial charge is 0.338 e. The fourth-order valence-electron chi connectivity index (χ4n) is 3.35. The number of rotatable bonds is 3. The average molecular weight is 320 g/mol. The molecule has 2 aliphatic rings. The van der Waals surface area contributed by atoms with Crippen LogP contribution in [0.1, 0.15) is 18.1 Å². The molecule has 2 heterocycles. The zero-order valence-corrected chi connectivity index (χ0v) is 13.6. The highest BCUT2D eigenvalue weighted by Crippen LogP contribution is 2.65. The van der Waals surface area contributed by atoms with Gasteiger partial charge in [0.2, 0.25) is 0 Å². The standard InChI is InChI=1S/C16H16O5S/c1-15-9-7-5-6-8-10(9)16(21-15,22-4)12(14(18)20-3)11(15)13(17)19-2/h5-8H,1-4H3/t15-,16-/m0/s1. The highest BCUT2D eigenvalue weighted by atomic mass is 32.2. The number of esters is 2. The van der Waals surface area contributed by atoms with E-state index in [1.165, 1.54) is 26.0 Å². The molecule has 5 nitrogen and oxygen atoms in total. The Balaban J connectivity index is 2.37. The van der Waals surface area contributed by atoms with E-state index in [2.05, 4.69) is 0 Å². The van der Waals surface area contributed by atoms with Gasteiger partial charge in [-0.3, -0.25) is 0 Å². The molecule has 116 valence electrons. The Labute approximate surface area is 132 Å². The molecule has 22 heavy (non-hydrogen) atoms.